The molecule has 1 aliphatic rings. The maximum atomic E-state index is 13.1. The van der Waals surface area contributed by atoms with E-state index in [1.807, 2.05) is 60.7 Å². The van der Waals surface area contributed by atoms with Crippen LogP contribution in [0.15, 0.2) is 60.7 Å². The highest BCUT2D eigenvalue weighted by molar-refractivity contribution is 5.70. The van der Waals surface area contributed by atoms with Crippen LogP contribution in [0, 0.1) is 29.7 Å². The SMILES string of the molecule is CC(C)[C@H]1CC[C@H](C)C[C@@H]1OC(=O)N(C#Cc1ccccc1)Cc1ccccc1. The third kappa shape index (κ3) is 6.12. The molecule has 3 atom stereocenters. The molecule has 0 aliphatic heterocycles. The minimum atomic E-state index is -0.345. The van der Waals surface area contributed by atoms with E-state index < -0.39 is 0 Å². The van der Waals surface area contributed by atoms with Crippen LogP contribution in [0.2, 0.25) is 0 Å². The Balaban J connectivity index is 1.78. The third-order valence-electron chi connectivity index (χ3n) is 5.73. The summed E-state index contributed by atoms with van der Waals surface area (Å²) in [4.78, 5) is 14.6. The zero-order valence-electron chi connectivity index (χ0n) is 17.7. The van der Waals surface area contributed by atoms with Gasteiger partial charge in [0.25, 0.3) is 0 Å². The standard InChI is InChI=1S/C26H31NO2/c1-20(2)24-15-14-21(3)18-25(24)29-26(28)27(19-23-12-8-5-9-13-23)17-16-22-10-6-4-7-11-22/h4-13,20-21,24-25H,14-15,18-19H2,1-3H3/t21-,24+,25-/m0/s1. The predicted octanol–water partition coefficient (Wildman–Crippen LogP) is 6.10. The first-order chi connectivity index (χ1) is 14.0. The van der Waals surface area contributed by atoms with Crippen molar-refractivity contribution >= 4 is 6.09 Å². The van der Waals surface area contributed by atoms with E-state index in [4.69, 9.17) is 4.74 Å². The smallest absolute Gasteiger partial charge is 0.422 e. The van der Waals surface area contributed by atoms with Gasteiger partial charge in [0.2, 0.25) is 0 Å². The minimum Gasteiger partial charge on any atom is -0.445 e. The Morgan fingerprint density at radius 1 is 1.07 bits per heavy atom. The Kier molecular flexibility index (Phi) is 7.36. The van der Waals surface area contributed by atoms with Crippen molar-refractivity contribution in [2.45, 2.75) is 52.7 Å². The first-order valence-corrected chi connectivity index (χ1v) is 10.6. The molecule has 3 rings (SSSR count). The summed E-state index contributed by atoms with van der Waals surface area (Å²) in [6.07, 6.45) is 2.87. The van der Waals surface area contributed by atoms with Crippen LogP contribution in [-0.2, 0) is 11.3 Å². The Labute approximate surface area is 175 Å². The van der Waals surface area contributed by atoms with E-state index in [2.05, 4.69) is 32.7 Å². The molecule has 2 aromatic carbocycles. The van der Waals surface area contributed by atoms with Gasteiger partial charge in [-0.3, -0.25) is 0 Å². The average Bonchev–Trinajstić information content (AvgIpc) is 2.72. The molecule has 29 heavy (non-hydrogen) atoms. The quantitative estimate of drug-likeness (QED) is 0.467. The fraction of sp³-hybridized carbons (Fsp3) is 0.423. The topological polar surface area (TPSA) is 29.5 Å². The van der Waals surface area contributed by atoms with E-state index in [0.717, 1.165) is 24.0 Å². The highest BCUT2D eigenvalue weighted by Crippen LogP contribution is 2.35. The molecule has 0 aromatic heterocycles. The van der Waals surface area contributed by atoms with Gasteiger partial charge in [-0.1, -0.05) is 75.7 Å². The van der Waals surface area contributed by atoms with Crippen molar-refractivity contribution in [3.63, 3.8) is 0 Å². The van der Waals surface area contributed by atoms with Crippen molar-refractivity contribution in [2.75, 3.05) is 0 Å². The summed E-state index contributed by atoms with van der Waals surface area (Å²) in [5.74, 6) is 4.60. The summed E-state index contributed by atoms with van der Waals surface area (Å²) in [6.45, 7) is 7.10. The van der Waals surface area contributed by atoms with Gasteiger partial charge in [-0.25, -0.2) is 9.69 Å². The van der Waals surface area contributed by atoms with Gasteiger partial charge in [0, 0.05) is 11.6 Å². The van der Waals surface area contributed by atoms with Crippen LogP contribution >= 0.6 is 0 Å². The fourth-order valence-corrected chi connectivity index (χ4v) is 4.01. The van der Waals surface area contributed by atoms with Gasteiger partial charge in [0.15, 0.2) is 0 Å². The molecule has 2 aromatic rings. The van der Waals surface area contributed by atoms with E-state index >= 15 is 0 Å². The maximum absolute atomic E-state index is 13.1. The molecule has 0 spiro atoms. The maximum Gasteiger partial charge on any atom is 0.422 e. The molecular formula is C26H31NO2. The first-order valence-electron chi connectivity index (χ1n) is 10.6. The minimum absolute atomic E-state index is 0.0388. The highest BCUT2D eigenvalue weighted by Gasteiger charge is 2.34. The number of hydrogen-bond donors (Lipinski definition) is 0. The summed E-state index contributed by atoms with van der Waals surface area (Å²) in [7, 11) is 0. The Morgan fingerprint density at radius 2 is 1.72 bits per heavy atom. The molecule has 1 amide bonds. The second-order valence-corrected chi connectivity index (χ2v) is 8.42. The van der Waals surface area contributed by atoms with Crippen LogP contribution in [0.25, 0.3) is 0 Å². The van der Waals surface area contributed by atoms with Crippen LogP contribution in [0.3, 0.4) is 0 Å². The summed E-state index contributed by atoms with van der Waals surface area (Å²) in [5.41, 5.74) is 1.91. The number of hydrogen-bond acceptors (Lipinski definition) is 2. The molecule has 1 saturated carbocycles. The van der Waals surface area contributed by atoms with Gasteiger partial charge in [0.05, 0.1) is 6.54 Å². The van der Waals surface area contributed by atoms with Crippen molar-refractivity contribution < 1.29 is 9.53 Å². The number of ether oxygens (including phenoxy) is 1. The zero-order valence-corrected chi connectivity index (χ0v) is 17.7. The highest BCUT2D eigenvalue weighted by atomic mass is 16.6. The normalized spacial score (nSPS) is 21.2. The van der Waals surface area contributed by atoms with E-state index in [1.54, 1.807) is 0 Å². The number of carbonyl (C=O) groups excluding carboxylic acids is 1. The lowest BCUT2D eigenvalue weighted by molar-refractivity contribution is -0.00488. The molecule has 0 bridgehead atoms. The first kappa shape index (κ1) is 21.0. The molecule has 0 N–H and O–H groups in total. The van der Waals surface area contributed by atoms with Gasteiger partial charge < -0.3 is 4.74 Å². The number of carbonyl (C=O) groups is 1. The van der Waals surface area contributed by atoms with Crippen LogP contribution in [-0.4, -0.2) is 17.1 Å². The monoisotopic (exact) mass is 389 g/mol. The molecule has 152 valence electrons. The van der Waals surface area contributed by atoms with Crippen LogP contribution in [0.4, 0.5) is 4.79 Å². The van der Waals surface area contributed by atoms with E-state index in [0.29, 0.717) is 24.3 Å². The molecular weight excluding hydrogens is 358 g/mol. The van der Waals surface area contributed by atoms with Crippen molar-refractivity contribution in [3.05, 3.63) is 71.8 Å². The number of rotatable bonds is 4. The summed E-state index contributed by atoms with van der Waals surface area (Å²) in [6, 6.07) is 22.7. The Hall–Kier alpha value is -2.73. The van der Waals surface area contributed by atoms with Crippen LogP contribution in [0.5, 0.6) is 0 Å². The van der Waals surface area contributed by atoms with Gasteiger partial charge in [0.1, 0.15) is 6.10 Å². The molecule has 0 saturated heterocycles. The molecule has 1 aliphatic carbocycles. The van der Waals surface area contributed by atoms with Crippen molar-refractivity contribution in [1.82, 2.24) is 4.90 Å². The summed E-state index contributed by atoms with van der Waals surface area (Å²) >= 11 is 0. The average molecular weight is 390 g/mol. The van der Waals surface area contributed by atoms with Gasteiger partial charge in [-0.2, -0.15) is 0 Å². The fourth-order valence-electron chi connectivity index (χ4n) is 4.01. The molecule has 0 unspecified atom stereocenters. The summed E-state index contributed by atoms with van der Waals surface area (Å²) < 4.78 is 6.04. The van der Waals surface area contributed by atoms with E-state index in [-0.39, 0.29) is 12.2 Å². The zero-order chi connectivity index (χ0) is 20.6. The Morgan fingerprint density at radius 3 is 2.38 bits per heavy atom. The van der Waals surface area contributed by atoms with Crippen molar-refractivity contribution in [2.24, 2.45) is 17.8 Å². The van der Waals surface area contributed by atoms with Gasteiger partial charge >= 0.3 is 6.09 Å². The third-order valence-corrected chi connectivity index (χ3v) is 5.73. The van der Waals surface area contributed by atoms with E-state index in [9.17, 15) is 4.79 Å². The molecule has 0 radical (unpaired) electrons. The van der Waals surface area contributed by atoms with Gasteiger partial charge in [-0.05, 0) is 54.2 Å². The lowest BCUT2D eigenvalue weighted by Crippen LogP contribution is -2.39. The predicted molar refractivity (Wildman–Crippen MR) is 117 cm³/mol. The lowest BCUT2D eigenvalue weighted by atomic mass is 9.75. The number of amides is 1. The molecule has 3 nitrogen and oxygen atoms in total. The second-order valence-electron chi connectivity index (χ2n) is 8.42. The number of nitrogens with zero attached hydrogens (tertiary/aromatic N) is 1. The van der Waals surface area contributed by atoms with Crippen molar-refractivity contribution in [3.8, 4) is 12.0 Å². The largest absolute Gasteiger partial charge is 0.445 e. The van der Waals surface area contributed by atoms with Crippen LogP contribution < -0.4 is 0 Å². The number of benzene rings is 2. The van der Waals surface area contributed by atoms with E-state index in [1.165, 1.54) is 11.3 Å². The van der Waals surface area contributed by atoms with Crippen LogP contribution in [0.1, 0.15) is 51.2 Å². The lowest BCUT2D eigenvalue weighted by Gasteiger charge is -2.37. The molecule has 0 heterocycles. The second kappa shape index (κ2) is 10.2. The molecule has 1 fully saturated rings. The Bertz CT molecular complexity index is 835. The summed E-state index contributed by atoms with van der Waals surface area (Å²) in [5, 5.41) is 0. The van der Waals surface area contributed by atoms with Crippen molar-refractivity contribution in [1.29, 1.82) is 0 Å². The molecule has 3 heteroatoms. The van der Waals surface area contributed by atoms with Gasteiger partial charge in [-0.15, -0.1) is 0 Å².